The van der Waals surface area contributed by atoms with Crippen LogP contribution < -0.4 is 5.73 Å². The molecule has 1 aliphatic carbocycles. The van der Waals surface area contributed by atoms with Crippen molar-refractivity contribution in [2.75, 3.05) is 7.11 Å². The maximum absolute atomic E-state index is 11.9. The lowest BCUT2D eigenvalue weighted by Gasteiger charge is -2.31. The molecule has 112 valence electrons. The van der Waals surface area contributed by atoms with Crippen LogP contribution in [0.4, 0.5) is 0 Å². The predicted molar refractivity (Wildman–Crippen MR) is 79.4 cm³/mol. The molecule has 0 aromatic carbocycles. The van der Waals surface area contributed by atoms with Gasteiger partial charge in [-0.15, -0.1) is 0 Å². The number of hydrogen-bond donors (Lipinski definition) is 1. The molecule has 0 spiro atoms. The monoisotopic (exact) mass is 287 g/mol. The van der Waals surface area contributed by atoms with Crippen molar-refractivity contribution >= 4 is 14.3 Å². The average Bonchev–Trinajstić information content (AvgIpc) is 2.35. The molecule has 0 aromatic heterocycles. The summed E-state index contributed by atoms with van der Waals surface area (Å²) in [6.07, 6.45) is 6.63. The molecule has 0 amide bonds. The summed E-state index contributed by atoms with van der Waals surface area (Å²) >= 11 is 0. The van der Waals surface area contributed by atoms with E-state index in [1.54, 1.807) is 0 Å². The number of carbonyl (C=O) groups is 1. The molecule has 5 heteroatoms. The minimum Gasteiger partial charge on any atom is -0.467 e. The van der Waals surface area contributed by atoms with Gasteiger partial charge in [0.05, 0.1) is 7.11 Å². The van der Waals surface area contributed by atoms with E-state index >= 15 is 0 Å². The van der Waals surface area contributed by atoms with Crippen molar-refractivity contribution in [2.45, 2.75) is 70.3 Å². The van der Waals surface area contributed by atoms with E-state index in [9.17, 15) is 4.79 Å². The first kappa shape index (κ1) is 16.7. The van der Waals surface area contributed by atoms with Crippen LogP contribution in [0.3, 0.4) is 0 Å². The van der Waals surface area contributed by atoms with E-state index in [-0.39, 0.29) is 12.0 Å². The molecular formula is C14H29NO3Si. The van der Waals surface area contributed by atoms with Gasteiger partial charge in [-0.3, -0.25) is 0 Å². The Labute approximate surface area is 118 Å². The molecule has 0 radical (unpaired) electrons. The second-order valence-electron chi connectivity index (χ2n) is 6.58. The summed E-state index contributed by atoms with van der Waals surface area (Å²) in [4.78, 5) is 11.9. The molecule has 0 heterocycles. The zero-order valence-corrected chi connectivity index (χ0v) is 13.8. The summed E-state index contributed by atoms with van der Waals surface area (Å²) in [7, 11) is -0.410. The highest BCUT2D eigenvalue weighted by atomic mass is 28.4. The molecule has 1 rings (SSSR count). The summed E-state index contributed by atoms with van der Waals surface area (Å²) in [5, 5.41) is 0. The second kappa shape index (κ2) is 7.41. The molecule has 2 atom stereocenters. The Bertz CT molecular complexity index is 285. The third-order valence-corrected chi connectivity index (χ3v) is 4.59. The van der Waals surface area contributed by atoms with Gasteiger partial charge >= 0.3 is 5.97 Å². The van der Waals surface area contributed by atoms with Gasteiger partial charge in [-0.25, -0.2) is 4.79 Å². The average molecular weight is 287 g/mol. The fourth-order valence-corrected chi connectivity index (χ4v) is 3.77. The quantitative estimate of drug-likeness (QED) is 0.602. The Kier molecular flexibility index (Phi) is 6.49. The number of carbonyl (C=O) groups excluding carboxylic acids is 1. The molecular weight excluding hydrogens is 258 g/mol. The summed E-state index contributed by atoms with van der Waals surface area (Å²) in [5.74, 6) is 0.312. The van der Waals surface area contributed by atoms with Crippen molar-refractivity contribution < 1.29 is 14.0 Å². The zero-order valence-electron chi connectivity index (χ0n) is 12.8. The van der Waals surface area contributed by atoms with E-state index in [0.29, 0.717) is 5.92 Å². The lowest BCUT2D eigenvalue weighted by Crippen LogP contribution is -2.49. The summed E-state index contributed by atoms with van der Waals surface area (Å²) < 4.78 is 10.8. The molecule has 0 unspecified atom stereocenters. The lowest BCUT2D eigenvalue weighted by atomic mass is 9.84. The fraction of sp³-hybridized carbons (Fsp3) is 0.929. The maximum Gasteiger partial charge on any atom is 0.335 e. The predicted octanol–water partition coefficient (Wildman–Crippen LogP) is 2.68. The highest BCUT2D eigenvalue weighted by molar-refractivity contribution is 6.69. The molecule has 2 N–H and O–H groups in total. The van der Waals surface area contributed by atoms with Crippen molar-refractivity contribution in [1.82, 2.24) is 0 Å². The summed E-state index contributed by atoms with van der Waals surface area (Å²) in [6, 6.07) is -0.248. The van der Waals surface area contributed by atoms with Crippen molar-refractivity contribution in [3.8, 4) is 0 Å². The van der Waals surface area contributed by atoms with E-state index < -0.39 is 14.4 Å². The first-order valence-corrected chi connectivity index (χ1v) is 10.8. The van der Waals surface area contributed by atoms with Gasteiger partial charge in [-0.1, -0.05) is 32.1 Å². The Hall–Kier alpha value is -0.393. The molecule has 0 bridgehead atoms. The van der Waals surface area contributed by atoms with Crippen LogP contribution in [0.1, 0.15) is 38.5 Å². The first-order valence-electron chi connectivity index (χ1n) is 7.34. The third kappa shape index (κ3) is 6.06. The van der Waals surface area contributed by atoms with Crippen LogP contribution in [0.15, 0.2) is 0 Å². The maximum atomic E-state index is 11.9. The molecule has 0 saturated heterocycles. The molecule has 19 heavy (non-hydrogen) atoms. The van der Waals surface area contributed by atoms with Gasteiger partial charge in [0.2, 0.25) is 0 Å². The lowest BCUT2D eigenvalue weighted by molar-refractivity contribution is -0.150. The van der Waals surface area contributed by atoms with E-state index in [4.69, 9.17) is 14.9 Å². The number of hydrogen-bond acceptors (Lipinski definition) is 4. The van der Waals surface area contributed by atoms with Crippen molar-refractivity contribution in [1.29, 1.82) is 0 Å². The number of ether oxygens (including phenoxy) is 1. The van der Waals surface area contributed by atoms with Gasteiger partial charge in [0, 0.05) is 6.04 Å². The molecule has 4 nitrogen and oxygen atoms in total. The number of methoxy groups -OCH3 is 1. The van der Waals surface area contributed by atoms with E-state index in [1.165, 1.54) is 39.2 Å². The highest BCUT2D eigenvalue weighted by Crippen LogP contribution is 2.28. The van der Waals surface area contributed by atoms with Crippen LogP contribution in [0.25, 0.3) is 0 Å². The normalized spacial score (nSPS) is 20.9. The van der Waals surface area contributed by atoms with E-state index in [2.05, 4.69) is 19.6 Å². The summed E-state index contributed by atoms with van der Waals surface area (Å²) in [6.45, 7) is 6.20. The molecule has 1 saturated carbocycles. The van der Waals surface area contributed by atoms with Gasteiger partial charge in [0.15, 0.2) is 14.4 Å². The Morgan fingerprint density at radius 1 is 1.26 bits per heavy atom. The number of nitrogens with two attached hydrogens (primary N) is 1. The number of rotatable bonds is 6. The van der Waals surface area contributed by atoms with Crippen molar-refractivity contribution in [2.24, 2.45) is 11.7 Å². The Balaban J connectivity index is 2.59. The minimum absolute atomic E-state index is 0.248. The fourth-order valence-electron chi connectivity index (χ4n) is 2.74. The summed E-state index contributed by atoms with van der Waals surface area (Å²) in [5.41, 5.74) is 6.23. The molecule has 1 fully saturated rings. The smallest absolute Gasteiger partial charge is 0.335 e. The van der Waals surface area contributed by atoms with Gasteiger partial charge < -0.3 is 14.9 Å². The van der Waals surface area contributed by atoms with Crippen LogP contribution in [0, 0.1) is 5.92 Å². The van der Waals surface area contributed by atoms with Gasteiger partial charge in [0.25, 0.3) is 0 Å². The van der Waals surface area contributed by atoms with Crippen LogP contribution in [0.2, 0.25) is 19.6 Å². The van der Waals surface area contributed by atoms with Crippen molar-refractivity contribution in [3.63, 3.8) is 0 Å². The van der Waals surface area contributed by atoms with E-state index in [0.717, 1.165) is 6.42 Å². The molecule has 1 aliphatic rings. The zero-order chi connectivity index (χ0) is 14.5. The van der Waals surface area contributed by atoms with Gasteiger partial charge in [-0.2, -0.15) is 0 Å². The Morgan fingerprint density at radius 3 is 2.32 bits per heavy atom. The second-order valence-corrected chi connectivity index (χ2v) is 11.0. The van der Waals surface area contributed by atoms with Crippen molar-refractivity contribution in [3.05, 3.63) is 0 Å². The first-order chi connectivity index (χ1) is 8.83. The minimum atomic E-state index is -1.81. The van der Waals surface area contributed by atoms with Crippen LogP contribution in [0.5, 0.6) is 0 Å². The van der Waals surface area contributed by atoms with Crippen LogP contribution >= 0.6 is 0 Å². The molecule has 0 aliphatic heterocycles. The van der Waals surface area contributed by atoms with Crippen LogP contribution in [-0.2, 0) is 14.0 Å². The number of esters is 1. The van der Waals surface area contributed by atoms with Crippen LogP contribution in [-0.4, -0.2) is 33.5 Å². The third-order valence-electron chi connectivity index (χ3n) is 3.63. The topological polar surface area (TPSA) is 61.5 Å². The molecule has 0 aromatic rings. The standard InChI is InChI=1S/C14H29NO3Si/c1-17-14(16)13(18-19(2,3)4)12(15)10-11-8-6-5-7-9-11/h11-13H,5-10,15H2,1-4H3/t12-,13-/m0/s1. The SMILES string of the molecule is COC(=O)[C@@H](O[Si](C)(C)C)[C@@H](N)CC1CCCCC1. The largest absolute Gasteiger partial charge is 0.467 e. The van der Waals surface area contributed by atoms with Gasteiger partial charge in [-0.05, 0) is 32.0 Å². The van der Waals surface area contributed by atoms with Gasteiger partial charge in [0.1, 0.15) is 0 Å². The van der Waals surface area contributed by atoms with E-state index in [1.807, 2.05) is 0 Å². The highest BCUT2D eigenvalue weighted by Gasteiger charge is 2.33. The Morgan fingerprint density at radius 2 is 1.84 bits per heavy atom.